The molecule has 0 aliphatic heterocycles. The topological polar surface area (TPSA) is 114 Å². The van der Waals surface area contributed by atoms with Crippen LogP contribution < -0.4 is 14.8 Å². The number of aryl methyl sites for hydroxylation is 1. The van der Waals surface area contributed by atoms with Gasteiger partial charge in [-0.25, -0.2) is 13.1 Å². The molecule has 2 amide bonds. The Balaban J connectivity index is 2.10. The fourth-order valence-corrected chi connectivity index (χ4v) is 4.63. The smallest absolute Gasteiger partial charge is 0.242 e. The van der Waals surface area contributed by atoms with Gasteiger partial charge in [0.2, 0.25) is 21.8 Å². The van der Waals surface area contributed by atoms with Crippen LogP contribution in [0, 0.1) is 0 Å². The Morgan fingerprint density at radius 2 is 1.64 bits per heavy atom. The molecule has 0 heterocycles. The fourth-order valence-electron chi connectivity index (χ4n) is 3.59. The van der Waals surface area contributed by atoms with Gasteiger partial charge in [0.05, 0.1) is 12.0 Å². The Labute approximate surface area is 214 Å². The van der Waals surface area contributed by atoms with Crippen molar-refractivity contribution >= 4 is 21.8 Å². The van der Waals surface area contributed by atoms with Crippen molar-refractivity contribution in [2.24, 2.45) is 0 Å². The molecule has 0 spiro atoms. The van der Waals surface area contributed by atoms with E-state index in [0.29, 0.717) is 38.3 Å². The third-order valence-electron chi connectivity index (χ3n) is 5.70. The highest BCUT2D eigenvalue weighted by atomic mass is 32.2. The Kier molecular flexibility index (Phi) is 11.9. The second-order valence-electron chi connectivity index (χ2n) is 8.33. The van der Waals surface area contributed by atoms with Crippen LogP contribution in [0.25, 0.3) is 0 Å². The number of carbonyl (C=O) groups excluding carboxylic acids is 2. The average Bonchev–Trinajstić information content (AvgIpc) is 2.88. The van der Waals surface area contributed by atoms with Crippen LogP contribution in [0.3, 0.4) is 0 Å². The molecule has 0 radical (unpaired) electrons. The molecule has 2 aromatic carbocycles. The molecule has 0 aliphatic carbocycles. The number of methoxy groups -OCH3 is 2. The first-order valence-electron chi connectivity index (χ1n) is 12.0. The minimum atomic E-state index is -3.53. The number of benzene rings is 2. The minimum absolute atomic E-state index is 0.172. The summed E-state index contributed by atoms with van der Waals surface area (Å²) in [6.07, 6.45) is 1.28. The van der Waals surface area contributed by atoms with Crippen molar-refractivity contribution in [3.8, 4) is 5.75 Å². The molecular weight excluding hydrogens is 482 g/mol. The van der Waals surface area contributed by atoms with E-state index < -0.39 is 16.1 Å². The van der Waals surface area contributed by atoms with Gasteiger partial charge < -0.3 is 19.7 Å². The van der Waals surface area contributed by atoms with E-state index in [9.17, 15) is 18.0 Å². The lowest BCUT2D eigenvalue weighted by Crippen LogP contribution is -2.48. The molecule has 0 aromatic heterocycles. The molecule has 36 heavy (non-hydrogen) atoms. The third kappa shape index (κ3) is 8.92. The van der Waals surface area contributed by atoms with Gasteiger partial charge in [0, 0.05) is 39.8 Å². The molecule has 0 saturated heterocycles. The van der Waals surface area contributed by atoms with Crippen LogP contribution in [0.5, 0.6) is 5.75 Å². The number of amides is 2. The maximum atomic E-state index is 13.3. The molecule has 0 saturated carbocycles. The van der Waals surface area contributed by atoms with Crippen molar-refractivity contribution in [1.82, 2.24) is 14.9 Å². The first-order valence-corrected chi connectivity index (χ1v) is 13.5. The van der Waals surface area contributed by atoms with Gasteiger partial charge in [-0.3, -0.25) is 9.59 Å². The summed E-state index contributed by atoms with van der Waals surface area (Å²) in [7, 11) is -0.338. The van der Waals surface area contributed by atoms with Gasteiger partial charge in [0.1, 0.15) is 11.8 Å². The highest BCUT2D eigenvalue weighted by Gasteiger charge is 2.26. The molecule has 10 heteroatoms. The second-order valence-corrected chi connectivity index (χ2v) is 10.1. The van der Waals surface area contributed by atoms with E-state index in [-0.39, 0.29) is 29.7 Å². The second kappa shape index (κ2) is 14.6. The lowest BCUT2D eigenvalue weighted by Gasteiger charge is -2.29. The number of nitrogens with one attached hydrogen (secondary N) is 2. The van der Waals surface area contributed by atoms with Crippen LogP contribution in [-0.4, -0.2) is 65.1 Å². The van der Waals surface area contributed by atoms with Gasteiger partial charge in [-0.2, -0.15) is 0 Å². The molecule has 0 aliphatic rings. The first kappa shape index (κ1) is 29.3. The van der Waals surface area contributed by atoms with Crippen LogP contribution in [0.4, 0.5) is 0 Å². The predicted molar refractivity (Wildman–Crippen MR) is 138 cm³/mol. The summed E-state index contributed by atoms with van der Waals surface area (Å²) >= 11 is 0. The summed E-state index contributed by atoms with van der Waals surface area (Å²) in [4.78, 5) is 27.8. The van der Waals surface area contributed by atoms with Gasteiger partial charge in [-0.05, 0) is 55.2 Å². The summed E-state index contributed by atoms with van der Waals surface area (Å²) < 4.78 is 37.0. The number of rotatable bonds is 15. The normalized spacial score (nSPS) is 12.1. The van der Waals surface area contributed by atoms with Crippen molar-refractivity contribution in [2.75, 3.05) is 33.9 Å². The molecule has 198 valence electrons. The van der Waals surface area contributed by atoms with E-state index in [1.165, 1.54) is 12.1 Å². The van der Waals surface area contributed by atoms with Crippen LogP contribution in [0.1, 0.15) is 37.8 Å². The summed E-state index contributed by atoms with van der Waals surface area (Å²) in [6.45, 7) is 5.02. The van der Waals surface area contributed by atoms with Gasteiger partial charge in [-0.15, -0.1) is 0 Å². The molecule has 2 rings (SSSR count). The number of hydrogen-bond donors (Lipinski definition) is 2. The number of nitrogens with zero attached hydrogens (tertiary/aromatic N) is 1. The van der Waals surface area contributed by atoms with E-state index in [2.05, 4.69) is 10.0 Å². The zero-order valence-electron chi connectivity index (χ0n) is 21.5. The molecule has 0 unspecified atom stereocenters. The van der Waals surface area contributed by atoms with Crippen molar-refractivity contribution in [1.29, 1.82) is 0 Å². The van der Waals surface area contributed by atoms with Crippen LogP contribution in [0.2, 0.25) is 0 Å². The van der Waals surface area contributed by atoms with Crippen molar-refractivity contribution in [2.45, 2.75) is 50.6 Å². The zero-order valence-corrected chi connectivity index (χ0v) is 22.3. The molecule has 0 bridgehead atoms. The Morgan fingerprint density at radius 1 is 1.00 bits per heavy atom. The van der Waals surface area contributed by atoms with Gasteiger partial charge >= 0.3 is 0 Å². The number of carbonyl (C=O) groups is 2. The van der Waals surface area contributed by atoms with Gasteiger partial charge in [0.25, 0.3) is 0 Å². The van der Waals surface area contributed by atoms with Crippen LogP contribution in [-0.2, 0) is 37.3 Å². The Morgan fingerprint density at radius 3 is 2.22 bits per heavy atom. The highest BCUT2D eigenvalue weighted by Crippen LogP contribution is 2.17. The summed E-state index contributed by atoms with van der Waals surface area (Å²) in [5, 5.41) is 2.87. The zero-order chi connectivity index (χ0) is 26.6. The molecule has 2 aromatic rings. The standard InChI is InChI=1S/C26H37N3O6S/c1-5-28-36(32,33)24-14-9-21(10-15-24)11-16-25(30)29(19-22-7-12-23(35-4)13-8-22)20(2)26(31)27-17-6-18-34-3/h7-10,12-15,20,28H,5-6,11,16-19H2,1-4H3,(H,27,31)/t20-/m0/s1. The summed E-state index contributed by atoms with van der Waals surface area (Å²) in [6, 6.07) is 13.2. The quantitative estimate of drug-likeness (QED) is 0.350. The van der Waals surface area contributed by atoms with Gasteiger partial charge in [0.15, 0.2) is 0 Å². The lowest BCUT2D eigenvalue weighted by molar-refractivity contribution is -0.140. The molecule has 9 nitrogen and oxygen atoms in total. The maximum absolute atomic E-state index is 13.3. The van der Waals surface area contributed by atoms with Crippen molar-refractivity contribution in [3.63, 3.8) is 0 Å². The van der Waals surface area contributed by atoms with E-state index in [1.807, 2.05) is 24.3 Å². The number of ether oxygens (including phenoxy) is 2. The average molecular weight is 520 g/mol. The number of sulfonamides is 1. The molecular formula is C26H37N3O6S. The van der Waals surface area contributed by atoms with E-state index in [4.69, 9.17) is 9.47 Å². The number of hydrogen-bond acceptors (Lipinski definition) is 6. The van der Waals surface area contributed by atoms with Crippen molar-refractivity contribution < 1.29 is 27.5 Å². The van der Waals surface area contributed by atoms with Gasteiger partial charge in [-0.1, -0.05) is 31.2 Å². The van der Waals surface area contributed by atoms with E-state index in [1.54, 1.807) is 45.1 Å². The maximum Gasteiger partial charge on any atom is 0.242 e. The minimum Gasteiger partial charge on any atom is -0.497 e. The summed E-state index contributed by atoms with van der Waals surface area (Å²) in [5.74, 6) is 0.306. The Hall–Kier alpha value is -2.95. The molecule has 0 fully saturated rings. The van der Waals surface area contributed by atoms with E-state index >= 15 is 0 Å². The monoisotopic (exact) mass is 519 g/mol. The Bertz CT molecular complexity index is 1070. The molecule has 1 atom stereocenters. The molecule has 2 N–H and O–H groups in total. The van der Waals surface area contributed by atoms with Crippen molar-refractivity contribution in [3.05, 3.63) is 59.7 Å². The first-order chi connectivity index (χ1) is 17.2. The lowest BCUT2D eigenvalue weighted by atomic mass is 10.1. The largest absolute Gasteiger partial charge is 0.497 e. The third-order valence-corrected chi connectivity index (χ3v) is 7.26. The van der Waals surface area contributed by atoms with Crippen LogP contribution >= 0.6 is 0 Å². The van der Waals surface area contributed by atoms with Crippen LogP contribution in [0.15, 0.2) is 53.4 Å². The highest BCUT2D eigenvalue weighted by molar-refractivity contribution is 7.89. The SMILES string of the molecule is CCNS(=O)(=O)c1ccc(CCC(=O)N(Cc2ccc(OC)cc2)[C@@H](C)C(=O)NCCCOC)cc1. The fraction of sp³-hybridized carbons (Fsp3) is 0.462. The summed E-state index contributed by atoms with van der Waals surface area (Å²) in [5.41, 5.74) is 1.71. The predicted octanol–water partition coefficient (Wildman–Crippen LogP) is 2.50. The van der Waals surface area contributed by atoms with E-state index in [0.717, 1.165) is 11.1 Å².